The van der Waals surface area contributed by atoms with Gasteiger partial charge < -0.3 is 25.0 Å². The second-order valence-electron chi connectivity index (χ2n) is 12.4. The van der Waals surface area contributed by atoms with Gasteiger partial charge in [0.1, 0.15) is 12.3 Å². The van der Waals surface area contributed by atoms with E-state index in [0.717, 1.165) is 11.0 Å². The van der Waals surface area contributed by atoms with Gasteiger partial charge in [0.15, 0.2) is 5.54 Å². The van der Waals surface area contributed by atoms with Crippen LogP contribution in [0.5, 0.6) is 5.75 Å². The average Bonchev–Trinajstić information content (AvgIpc) is 3.20. The quantitative estimate of drug-likeness (QED) is 0.294. The van der Waals surface area contributed by atoms with Crippen molar-refractivity contribution in [1.29, 1.82) is 0 Å². The van der Waals surface area contributed by atoms with E-state index in [9.17, 15) is 45.8 Å². The van der Waals surface area contributed by atoms with Crippen molar-refractivity contribution in [2.45, 2.75) is 83.2 Å². The highest BCUT2D eigenvalue weighted by molar-refractivity contribution is 6.09. The maximum absolute atomic E-state index is 13.6. The Bertz CT molecular complexity index is 1560. The van der Waals surface area contributed by atoms with Crippen molar-refractivity contribution in [3.05, 3.63) is 59.4 Å². The van der Waals surface area contributed by atoms with Crippen LogP contribution in [-0.2, 0) is 20.7 Å². The molecule has 4 rings (SSSR count). The van der Waals surface area contributed by atoms with Crippen molar-refractivity contribution in [3.8, 4) is 5.75 Å². The van der Waals surface area contributed by atoms with E-state index in [4.69, 9.17) is 4.74 Å². The average molecular weight is 686 g/mol. The molecule has 2 unspecified atom stereocenters. The summed E-state index contributed by atoms with van der Waals surface area (Å²) in [6.45, 7) is 9.70. The lowest BCUT2D eigenvalue weighted by Gasteiger charge is -2.46. The number of hydrogen-bond donors (Lipinski definition) is 2. The third-order valence-electron chi connectivity index (χ3n) is 8.42. The summed E-state index contributed by atoms with van der Waals surface area (Å²) in [5.41, 5.74) is -7.48. The summed E-state index contributed by atoms with van der Waals surface area (Å²) < 4.78 is 87.0. The van der Waals surface area contributed by atoms with Gasteiger partial charge in [0, 0.05) is 36.4 Å². The van der Waals surface area contributed by atoms with Crippen LogP contribution in [0.15, 0.2) is 42.6 Å². The van der Waals surface area contributed by atoms with Gasteiger partial charge in [-0.15, -0.1) is 0 Å². The van der Waals surface area contributed by atoms with Gasteiger partial charge in [-0.25, -0.2) is 4.79 Å². The van der Waals surface area contributed by atoms with Gasteiger partial charge in [0.25, 0.3) is 11.5 Å². The molecule has 0 saturated carbocycles. The van der Waals surface area contributed by atoms with E-state index in [-0.39, 0.29) is 36.1 Å². The van der Waals surface area contributed by atoms with Crippen LogP contribution in [0.25, 0.3) is 6.08 Å². The third kappa shape index (κ3) is 6.54. The maximum Gasteiger partial charge on any atom is 0.430 e. The molecular weight excluding hydrogens is 648 g/mol. The van der Waals surface area contributed by atoms with Crippen LogP contribution in [0.4, 0.5) is 36.8 Å². The Morgan fingerprint density at radius 3 is 2.27 bits per heavy atom. The van der Waals surface area contributed by atoms with Crippen molar-refractivity contribution >= 4 is 29.6 Å². The Morgan fingerprint density at radius 2 is 1.73 bits per heavy atom. The Morgan fingerprint density at radius 1 is 1.08 bits per heavy atom. The number of aromatic nitrogens is 1. The Hall–Kier alpha value is -4.34. The predicted octanol–water partition coefficient (Wildman–Crippen LogP) is 5.11. The highest BCUT2D eigenvalue weighted by Crippen LogP contribution is 2.50. The minimum absolute atomic E-state index is 0.00298. The van der Waals surface area contributed by atoms with E-state index in [1.807, 2.05) is 13.8 Å². The molecule has 2 N–H and O–H groups in total. The molecule has 3 heterocycles. The molecule has 0 spiro atoms. The molecule has 2 aliphatic rings. The molecule has 48 heavy (non-hydrogen) atoms. The second-order valence-corrected chi connectivity index (χ2v) is 12.4. The molecule has 1 aromatic carbocycles. The number of pyridine rings is 1. The smallest absolute Gasteiger partial charge is 0.430 e. The van der Waals surface area contributed by atoms with Gasteiger partial charge in [-0.3, -0.25) is 19.5 Å². The summed E-state index contributed by atoms with van der Waals surface area (Å²) in [5.74, 6) is -0.750. The number of aliphatic hydroxyl groups is 1. The standard InChI is InChI=1S/C32H37F6N5O5/c1-7-8-21-13-22(30(47,31(33,34)35)32(36,37)38)9-11-24(21)41-15-20(5)42(16-19(41)4)26(44)17-43-27(45)29(6,40-28(43)46)25-12-10-23(14-39-25)48-18(2)3/h7-14,18-20,47H,15-17H2,1-6H3,(H,40,46)/t19?,20?,29-/m1/s1. The van der Waals surface area contributed by atoms with Gasteiger partial charge in [0.05, 0.1) is 18.0 Å². The second kappa shape index (κ2) is 12.9. The zero-order valence-electron chi connectivity index (χ0n) is 27.1. The van der Waals surface area contributed by atoms with Crippen molar-refractivity contribution < 1.29 is 50.6 Å². The van der Waals surface area contributed by atoms with E-state index in [2.05, 4.69) is 10.3 Å². The highest BCUT2D eigenvalue weighted by atomic mass is 19.4. The number of alkyl halides is 6. The fraction of sp³-hybridized carbons (Fsp3) is 0.500. The number of nitrogens with one attached hydrogen (secondary N) is 1. The largest absolute Gasteiger partial charge is 0.489 e. The van der Waals surface area contributed by atoms with Gasteiger partial charge in [-0.1, -0.05) is 18.2 Å². The number of halogens is 6. The first-order chi connectivity index (χ1) is 22.1. The normalized spacial score (nSPS) is 22.6. The Balaban J connectivity index is 1.52. The number of allylic oxidation sites excluding steroid dienone is 1. The molecule has 10 nitrogen and oxygen atoms in total. The molecule has 2 fully saturated rings. The fourth-order valence-corrected chi connectivity index (χ4v) is 5.91. The molecule has 0 radical (unpaired) electrons. The lowest BCUT2D eigenvalue weighted by atomic mass is 9.89. The van der Waals surface area contributed by atoms with Crippen molar-refractivity contribution in [2.75, 3.05) is 24.5 Å². The van der Waals surface area contributed by atoms with E-state index < -0.39 is 65.5 Å². The molecule has 16 heteroatoms. The summed E-state index contributed by atoms with van der Waals surface area (Å²) in [6.07, 6.45) is -7.99. The number of hydrogen-bond acceptors (Lipinski definition) is 7. The SMILES string of the molecule is CC=Cc1cc(C(O)(C(F)(F)F)C(F)(F)F)ccc1N1CC(C)N(C(=O)CN2C(=O)N[C@](C)(c3ccc(OC(C)C)cn3)C2=O)CC1C. The lowest BCUT2D eigenvalue weighted by Crippen LogP contribution is -2.60. The molecule has 3 atom stereocenters. The lowest BCUT2D eigenvalue weighted by molar-refractivity contribution is -0.376. The summed E-state index contributed by atoms with van der Waals surface area (Å²) in [5, 5.41) is 12.5. The Kier molecular flexibility index (Phi) is 9.83. The van der Waals surface area contributed by atoms with E-state index >= 15 is 0 Å². The molecule has 2 aromatic rings. The van der Waals surface area contributed by atoms with Crippen molar-refractivity contribution in [3.63, 3.8) is 0 Å². The summed E-state index contributed by atoms with van der Waals surface area (Å²) >= 11 is 0. The number of anilines is 1. The first-order valence-corrected chi connectivity index (χ1v) is 15.1. The van der Waals surface area contributed by atoms with Gasteiger partial charge in [-0.05, 0) is 71.4 Å². The number of rotatable bonds is 8. The molecule has 2 saturated heterocycles. The predicted molar refractivity (Wildman–Crippen MR) is 163 cm³/mol. The monoisotopic (exact) mass is 685 g/mol. The van der Waals surface area contributed by atoms with Crippen molar-refractivity contribution in [2.24, 2.45) is 0 Å². The minimum Gasteiger partial charge on any atom is -0.489 e. The number of amides is 4. The topological polar surface area (TPSA) is 115 Å². The first kappa shape index (κ1) is 36.5. The zero-order valence-corrected chi connectivity index (χ0v) is 27.1. The number of imide groups is 1. The van der Waals surface area contributed by atoms with E-state index in [1.165, 1.54) is 37.1 Å². The van der Waals surface area contributed by atoms with Gasteiger partial charge in [0.2, 0.25) is 5.91 Å². The van der Waals surface area contributed by atoms with Crippen LogP contribution < -0.4 is 15.0 Å². The number of nitrogens with zero attached hydrogens (tertiary/aromatic N) is 4. The highest BCUT2D eigenvalue weighted by Gasteiger charge is 2.71. The molecule has 2 aliphatic heterocycles. The number of piperazine rings is 1. The molecule has 0 aliphatic carbocycles. The molecule has 4 amide bonds. The van der Waals surface area contributed by atoms with Crippen LogP contribution in [-0.4, -0.2) is 87.9 Å². The van der Waals surface area contributed by atoms with Crippen LogP contribution in [0.3, 0.4) is 0 Å². The van der Waals surface area contributed by atoms with Crippen molar-refractivity contribution in [1.82, 2.24) is 20.1 Å². The first-order valence-electron chi connectivity index (χ1n) is 15.1. The number of ether oxygens (including phenoxy) is 1. The van der Waals surface area contributed by atoms with Crippen LogP contribution in [0.1, 0.15) is 58.4 Å². The van der Waals surface area contributed by atoms with E-state index in [0.29, 0.717) is 17.9 Å². The molecule has 1 aromatic heterocycles. The summed E-state index contributed by atoms with van der Waals surface area (Å²) in [6, 6.07) is 3.67. The number of carbonyl (C=O) groups is 3. The van der Waals surface area contributed by atoms with E-state index in [1.54, 1.807) is 30.9 Å². The maximum atomic E-state index is 13.6. The number of carbonyl (C=O) groups excluding carboxylic acids is 3. The zero-order chi connectivity index (χ0) is 36.0. The summed E-state index contributed by atoms with van der Waals surface area (Å²) in [4.78, 5) is 48.1. The van der Waals surface area contributed by atoms with Crippen LogP contribution in [0.2, 0.25) is 0 Å². The third-order valence-corrected chi connectivity index (χ3v) is 8.42. The number of benzene rings is 1. The number of urea groups is 1. The molecule has 262 valence electrons. The summed E-state index contributed by atoms with van der Waals surface area (Å²) in [7, 11) is 0. The molecule has 0 bridgehead atoms. The molecular formula is C32H37F6N5O5. The van der Waals surface area contributed by atoms with Crippen LogP contribution >= 0.6 is 0 Å². The fourth-order valence-electron chi connectivity index (χ4n) is 5.91. The van der Waals surface area contributed by atoms with Gasteiger partial charge in [-0.2, -0.15) is 26.3 Å². The minimum atomic E-state index is -6.04. The Labute approximate surface area is 273 Å². The van der Waals surface area contributed by atoms with Gasteiger partial charge >= 0.3 is 18.4 Å². The van der Waals surface area contributed by atoms with Crippen LogP contribution in [0, 0.1) is 0 Å².